The third-order valence-electron chi connectivity index (χ3n) is 3.48. The summed E-state index contributed by atoms with van der Waals surface area (Å²) < 4.78 is 0. The van der Waals surface area contributed by atoms with Gasteiger partial charge in [0.1, 0.15) is 0 Å². The topological polar surface area (TPSA) is 3.24 Å². The van der Waals surface area contributed by atoms with E-state index in [1.54, 1.807) is 0 Å². The average Bonchev–Trinajstić information content (AvgIpc) is 2.40. The van der Waals surface area contributed by atoms with Crippen LogP contribution in [0.3, 0.4) is 0 Å². The lowest BCUT2D eigenvalue weighted by Crippen LogP contribution is -2.28. The molecule has 1 nitrogen and oxygen atoms in total. The van der Waals surface area contributed by atoms with Crippen LogP contribution in [0.1, 0.15) is 33.1 Å². The average molecular weight is 153 g/mol. The van der Waals surface area contributed by atoms with Crippen molar-refractivity contribution in [2.45, 2.75) is 39.2 Å². The maximum atomic E-state index is 2.65. The maximum absolute atomic E-state index is 2.65. The van der Waals surface area contributed by atoms with Crippen LogP contribution in [0.25, 0.3) is 0 Å². The summed E-state index contributed by atoms with van der Waals surface area (Å²) in [6, 6.07) is 0.778. The van der Waals surface area contributed by atoms with Crippen molar-refractivity contribution in [2.24, 2.45) is 11.8 Å². The first-order valence-corrected chi connectivity index (χ1v) is 5.01. The second kappa shape index (κ2) is 2.78. The first kappa shape index (κ1) is 7.60. The Morgan fingerprint density at radius 3 is 2.09 bits per heavy atom. The Balaban J connectivity index is 1.94. The van der Waals surface area contributed by atoms with Crippen LogP contribution in [-0.2, 0) is 0 Å². The van der Waals surface area contributed by atoms with Crippen LogP contribution in [0.2, 0.25) is 0 Å². The second-order valence-corrected chi connectivity index (χ2v) is 4.50. The SMILES string of the molecule is CC(C)N1CC2CCC[C@H]2C1. The molecule has 0 aromatic carbocycles. The van der Waals surface area contributed by atoms with Gasteiger partial charge in [0.05, 0.1) is 0 Å². The van der Waals surface area contributed by atoms with Gasteiger partial charge in [0, 0.05) is 19.1 Å². The summed E-state index contributed by atoms with van der Waals surface area (Å²) >= 11 is 0. The number of hydrogen-bond acceptors (Lipinski definition) is 1. The Morgan fingerprint density at radius 1 is 1.09 bits per heavy atom. The van der Waals surface area contributed by atoms with Crippen LogP contribution >= 0.6 is 0 Å². The molecule has 2 rings (SSSR count). The summed E-state index contributed by atoms with van der Waals surface area (Å²) in [6.45, 7) is 7.42. The van der Waals surface area contributed by atoms with Crippen LogP contribution < -0.4 is 0 Å². The molecule has 64 valence electrons. The molecule has 1 saturated heterocycles. The van der Waals surface area contributed by atoms with E-state index in [4.69, 9.17) is 0 Å². The lowest BCUT2D eigenvalue weighted by Gasteiger charge is -2.20. The maximum Gasteiger partial charge on any atom is 0.00388 e. The fraction of sp³-hybridized carbons (Fsp3) is 1.00. The Bertz CT molecular complexity index is 130. The summed E-state index contributed by atoms with van der Waals surface area (Å²) in [5.74, 6) is 2.13. The largest absolute Gasteiger partial charge is 0.300 e. The number of likely N-dealkylation sites (tertiary alicyclic amines) is 1. The van der Waals surface area contributed by atoms with Crippen molar-refractivity contribution in [3.05, 3.63) is 0 Å². The normalized spacial score (nSPS) is 38.5. The monoisotopic (exact) mass is 153 g/mol. The van der Waals surface area contributed by atoms with Crippen molar-refractivity contribution in [3.63, 3.8) is 0 Å². The van der Waals surface area contributed by atoms with E-state index in [-0.39, 0.29) is 0 Å². The molecule has 2 fully saturated rings. The quantitative estimate of drug-likeness (QED) is 0.558. The van der Waals surface area contributed by atoms with Crippen LogP contribution in [0.4, 0.5) is 0 Å². The van der Waals surface area contributed by atoms with Gasteiger partial charge in [0.2, 0.25) is 0 Å². The molecule has 2 aliphatic rings. The molecular formula is C10H19N. The summed E-state index contributed by atoms with van der Waals surface area (Å²) in [4.78, 5) is 2.65. The van der Waals surface area contributed by atoms with E-state index in [0.29, 0.717) is 0 Å². The van der Waals surface area contributed by atoms with Gasteiger partial charge in [-0.05, 0) is 38.5 Å². The van der Waals surface area contributed by atoms with Gasteiger partial charge < -0.3 is 4.90 Å². The third-order valence-corrected chi connectivity index (χ3v) is 3.48. The Kier molecular flexibility index (Phi) is 1.92. The van der Waals surface area contributed by atoms with E-state index in [1.807, 2.05) is 0 Å². The minimum absolute atomic E-state index is 0.778. The lowest BCUT2D eigenvalue weighted by molar-refractivity contribution is 0.254. The van der Waals surface area contributed by atoms with Gasteiger partial charge in [0.25, 0.3) is 0 Å². The molecule has 0 spiro atoms. The molecule has 1 unspecified atom stereocenters. The third kappa shape index (κ3) is 1.31. The fourth-order valence-electron chi connectivity index (χ4n) is 2.69. The van der Waals surface area contributed by atoms with Crippen molar-refractivity contribution in [1.29, 1.82) is 0 Å². The molecule has 0 aromatic rings. The van der Waals surface area contributed by atoms with E-state index in [9.17, 15) is 0 Å². The Hall–Kier alpha value is -0.0400. The van der Waals surface area contributed by atoms with Crippen molar-refractivity contribution < 1.29 is 0 Å². The van der Waals surface area contributed by atoms with Gasteiger partial charge >= 0.3 is 0 Å². The summed E-state index contributed by atoms with van der Waals surface area (Å²) in [6.07, 6.45) is 4.52. The number of nitrogens with zero attached hydrogens (tertiary/aromatic N) is 1. The second-order valence-electron chi connectivity index (χ2n) is 4.50. The van der Waals surface area contributed by atoms with E-state index in [0.717, 1.165) is 17.9 Å². The molecular weight excluding hydrogens is 134 g/mol. The smallest absolute Gasteiger partial charge is 0.00388 e. The molecule has 1 heterocycles. The van der Waals surface area contributed by atoms with Gasteiger partial charge in [0.15, 0.2) is 0 Å². The molecule has 1 aliphatic heterocycles. The predicted octanol–water partition coefficient (Wildman–Crippen LogP) is 2.13. The number of hydrogen-bond donors (Lipinski definition) is 0. The van der Waals surface area contributed by atoms with Crippen molar-refractivity contribution in [2.75, 3.05) is 13.1 Å². The summed E-state index contributed by atoms with van der Waals surface area (Å²) in [5, 5.41) is 0. The molecule has 0 bridgehead atoms. The highest BCUT2D eigenvalue weighted by atomic mass is 15.2. The predicted molar refractivity (Wildman–Crippen MR) is 47.5 cm³/mol. The standard InChI is InChI=1S/C10H19N/c1-8(2)11-6-9-4-3-5-10(9)7-11/h8-10H,3-7H2,1-2H3/t9-,10?/m0/s1. The Morgan fingerprint density at radius 2 is 1.64 bits per heavy atom. The number of rotatable bonds is 1. The molecule has 0 radical (unpaired) electrons. The zero-order valence-corrected chi connectivity index (χ0v) is 7.71. The molecule has 11 heavy (non-hydrogen) atoms. The zero-order valence-electron chi connectivity index (χ0n) is 7.71. The van der Waals surface area contributed by atoms with Gasteiger partial charge in [-0.3, -0.25) is 0 Å². The first-order valence-electron chi connectivity index (χ1n) is 5.01. The highest BCUT2D eigenvalue weighted by Gasteiger charge is 2.36. The molecule has 1 saturated carbocycles. The zero-order chi connectivity index (χ0) is 7.84. The van der Waals surface area contributed by atoms with Crippen LogP contribution in [-0.4, -0.2) is 24.0 Å². The molecule has 0 N–H and O–H groups in total. The van der Waals surface area contributed by atoms with Gasteiger partial charge in [-0.25, -0.2) is 0 Å². The van der Waals surface area contributed by atoms with Crippen LogP contribution in [0.5, 0.6) is 0 Å². The summed E-state index contributed by atoms with van der Waals surface area (Å²) in [7, 11) is 0. The van der Waals surface area contributed by atoms with Gasteiger partial charge in [-0.1, -0.05) is 6.42 Å². The molecule has 1 heteroatoms. The van der Waals surface area contributed by atoms with Gasteiger partial charge in [-0.2, -0.15) is 0 Å². The van der Waals surface area contributed by atoms with Crippen molar-refractivity contribution in [1.82, 2.24) is 4.90 Å². The van der Waals surface area contributed by atoms with Gasteiger partial charge in [-0.15, -0.1) is 0 Å². The molecule has 2 atom stereocenters. The van der Waals surface area contributed by atoms with E-state index < -0.39 is 0 Å². The van der Waals surface area contributed by atoms with Crippen molar-refractivity contribution >= 4 is 0 Å². The molecule has 0 aromatic heterocycles. The van der Waals surface area contributed by atoms with E-state index >= 15 is 0 Å². The first-order chi connectivity index (χ1) is 5.27. The minimum Gasteiger partial charge on any atom is -0.300 e. The van der Waals surface area contributed by atoms with E-state index in [2.05, 4.69) is 18.7 Å². The van der Waals surface area contributed by atoms with Crippen molar-refractivity contribution in [3.8, 4) is 0 Å². The van der Waals surface area contributed by atoms with Crippen LogP contribution in [0, 0.1) is 11.8 Å². The minimum atomic E-state index is 0.778. The molecule has 0 amide bonds. The summed E-state index contributed by atoms with van der Waals surface area (Å²) in [5.41, 5.74) is 0. The highest BCUT2D eigenvalue weighted by molar-refractivity contribution is 4.89. The Labute approximate surface area is 69.8 Å². The lowest BCUT2D eigenvalue weighted by atomic mass is 10.0. The highest BCUT2D eigenvalue weighted by Crippen LogP contribution is 2.38. The fourth-order valence-corrected chi connectivity index (χ4v) is 2.69. The molecule has 1 aliphatic carbocycles. The number of fused-ring (bicyclic) bond motifs is 1. The van der Waals surface area contributed by atoms with E-state index in [1.165, 1.54) is 32.4 Å². The van der Waals surface area contributed by atoms with Crippen LogP contribution in [0.15, 0.2) is 0 Å².